The summed E-state index contributed by atoms with van der Waals surface area (Å²) in [5.41, 5.74) is 6.36. The van der Waals surface area contributed by atoms with Crippen LogP contribution in [0.3, 0.4) is 0 Å². The maximum absolute atomic E-state index is 9.67. The first-order valence-electron chi connectivity index (χ1n) is 12.2. The molecule has 0 amide bonds. The summed E-state index contributed by atoms with van der Waals surface area (Å²) in [6, 6.07) is 15.2. The number of rotatable bonds is 8. The van der Waals surface area contributed by atoms with Crippen molar-refractivity contribution in [3.63, 3.8) is 0 Å². The lowest BCUT2D eigenvalue weighted by Crippen LogP contribution is -2.38. The van der Waals surface area contributed by atoms with E-state index in [2.05, 4.69) is 83.0 Å². The van der Waals surface area contributed by atoms with E-state index in [1.165, 1.54) is 33.2 Å². The Bertz CT molecular complexity index is 1050. The van der Waals surface area contributed by atoms with Gasteiger partial charge in [-0.1, -0.05) is 42.5 Å². The number of guanidine groups is 1. The molecular weight excluding hydrogens is 410 g/mol. The predicted octanol–water partition coefficient (Wildman–Crippen LogP) is 3.73. The average molecular weight is 448 g/mol. The van der Waals surface area contributed by atoms with Crippen molar-refractivity contribution < 1.29 is 5.11 Å². The molecule has 6 heteroatoms. The van der Waals surface area contributed by atoms with Gasteiger partial charge in [0.2, 0.25) is 0 Å². The number of piperidine rings is 1. The van der Waals surface area contributed by atoms with E-state index < -0.39 is 0 Å². The molecule has 1 aliphatic heterocycles. The van der Waals surface area contributed by atoms with Crippen LogP contribution in [0.15, 0.2) is 53.7 Å². The SMILES string of the molecule is CCNC(=NCc1ccc(CN2CCC(O)CC2)cc1)NCCc1c[nH]c2c(C)cccc12. The molecule has 0 aliphatic carbocycles. The molecule has 1 saturated heterocycles. The zero-order chi connectivity index (χ0) is 23.0. The van der Waals surface area contributed by atoms with Crippen molar-refractivity contribution in [3.8, 4) is 0 Å². The van der Waals surface area contributed by atoms with E-state index >= 15 is 0 Å². The summed E-state index contributed by atoms with van der Waals surface area (Å²) in [7, 11) is 0. The monoisotopic (exact) mass is 447 g/mol. The summed E-state index contributed by atoms with van der Waals surface area (Å²) in [6.07, 6.45) is 4.71. The largest absolute Gasteiger partial charge is 0.393 e. The van der Waals surface area contributed by atoms with Crippen molar-refractivity contribution in [2.24, 2.45) is 4.99 Å². The maximum atomic E-state index is 9.67. The molecule has 1 aromatic heterocycles. The Balaban J connectivity index is 1.29. The Kier molecular flexibility index (Phi) is 8.02. The number of aromatic amines is 1. The number of aliphatic hydroxyl groups is 1. The Morgan fingerprint density at radius 3 is 2.61 bits per heavy atom. The van der Waals surface area contributed by atoms with Crippen molar-refractivity contribution in [1.29, 1.82) is 0 Å². The molecule has 4 rings (SSSR count). The molecule has 1 fully saturated rings. The lowest BCUT2D eigenvalue weighted by molar-refractivity contribution is 0.0792. The number of H-pyrrole nitrogens is 1. The van der Waals surface area contributed by atoms with Crippen LogP contribution in [0, 0.1) is 6.92 Å². The van der Waals surface area contributed by atoms with E-state index in [1.807, 2.05) is 0 Å². The van der Waals surface area contributed by atoms with E-state index in [0.717, 1.165) is 57.9 Å². The topological polar surface area (TPSA) is 75.7 Å². The summed E-state index contributed by atoms with van der Waals surface area (Å²) in [5.74, 6) is 0.851. The second-order valence-electron chi connectivity index (χ2n) is 9.01. The molecule has 2 aromatic carbocycles. The van der Waals surface area contributed by atoms with Crippen LogP contribution in [-0.4, -0.2) is 53.2 Å². The Morgan fingerprint density at radius 2 is 1.85 bits per heavy atom. The minimum absolute atomic E-state index is 0.118. The number of aryl methyl sites for hydroxylation is 1. The van der Waals surface area contributed by atoms with Gasteiger partial charge in [0.05, 0.1) is 12.6 Å². The van der Waals surface area contributed by atoms with Crippen LogP contribution in [0.5, 0.6) is 0 Å². The molecule has 176 valence electrons. The minimum atomic E-state index is -0.118. The summed E-state index contributed by atoms with van der Waals surface area (Å²) >= 11 is 0. The van der Waals surface area contributed by atoms with Crippen LogP contribution < -0.4 is 10.6 Å². The van der Waals surface area contributed by atoms with Gasteiger partial charge >= 0.3 is 0 Å². The zero-order valence-corrected chi connectivity index (χ0v) is 19.9. The highest BCUT2D eigenvalue weighted by molar-refractivity contribution is 5.86. The van der Waals surface area contributed by atoms with E-state index in [-0.39, 0.29) is 6.10 Å². The summed E-state index contributed by atoms with van der Waals surface area (Å²) < 4.78 is 0. The Labute approximate surface area is 197 Å². The first-order valence-corrected chi connectivity index (χ1v) is 12.2. The number of likely N-dealkylation sites (tertiary alicyclic amines) is 1. The molecule has 4 N–H and O–H groups in total. The Morgan fingerprint density at radius 1 is 1.09 bits per heavy atom. The quantitative estimate of drug-likeness (QED) is 0.314. The number of nitrogens with zero attached hydrogens (tertiary/aromatic N) is 2. The van der Waals surface area contributed by atoms with Gasteiger partial charge in [-0.2, -0.15) is 0 Å². The number of aliphatic hydroxyl groups excluding tert-OH is 1. The van der Waals surface area contributed by atoms with E-state index in [0.29, 0.717) is 6.54 Å². The van der Waals surface area contributed by atoms with Crippen molar-refractivity contribution in [3.05, 3.63) is 70.9 Å². The van der Waals surface area contributed by atoms with Gasteiger partial charge in [-0.25, -0.2) is 4.99 Å². The van der Waals surface area contributed by atoms with E-state index in [9.17, 15) is 5.11 Å². The summed E-state index contributed by atoms with van der Waals surface area (Å²) in [6.45, 7) is 9.45. The fourth-order valence-electron chi connectivity index (χ4n) is 4.48. The van der Waals surface area contributed by atoms with E-state index in [1.54, 1.807) is 0 Å². The standard InChI is InChI=1S/C27H37N5O/c1-3-28-27(29-14-11-23-18-30-26-20(2)5-4-6-25(23)26)31-17-21-7-9-22(10-8-21)19-32-15-12-24(33)13-16-32/h4-10,18,24,30,33H,3,11-17,19H2,1-2H3,(H2,28,29,31). The second kappa shape index (κ2) is 11.3. The van der Waals surface area contributed by atoms with Gasteiger partial charge in [0.25, 0.3) is 0 Å². The van der Waals surface area contributed by atoms with Crippen molar-refractivity contribution in [2.75, 3.05) is 26.2 Å². The second-order valence-corrected chi connectivity index (χ2v) is 9.01. The maximum Gasteiger partial charge on any atom is 0.191 e. The molecule has 0 bridgehead atoms. The molecule has 1 aliphatic rings. The molecule has 0 unspecified atom stereocenters. The average Bonchev–Trinajstić information content (AvgIpc) is 3.24. The first kappa shape index (κ1) is 23.3. The minimum Gasteiger partial charge on any atom is -0.393 e. The van der Waals surface area contributed by atoms with Gasteiger partial charge < -0.3 is 20.7 Å². The third kappa shape index (κ3) is 6.36. The van der Waals surface area contributed by atoms with Gasteiger partial charge in [0, 0.05) is 49.8 Å². The zero-order valence-electron chi connectivity index (χ0n) is 19.9. The number of hydrogen-bond donors (Lipinski definition) is 4. The van der Waals surface area contributed by atoms with E-state index in [4.69, 9.17) is 4.99 Å². The highest BCUT2D eigenvalue weighted by atomic mass is 16.3. The molecule has 0 saturated carbocycles. The molecular formula is C27H37N5O. The van der Waals surface area contributed by atoms with Gasteiger partial charge in [-0.3, -0.25) is 4.90 Å². The van der Waals surface area contributed by atoms with Crippen LogP contribution >= 0.6 is 0 Å². The van der Waals surface area contributed by atoms with Crippen LogP contribution in [-0.2, 0) is 19.5 Å². The first-order chi connectivity index (χ1) is 16.1. The Hall–Kier alpha value is -2.83. The lowest BCUT2D eigenvalue weighted by Gasteiger charge is -2.29. The fraction of sp³-hybridized carbons (Fsp3) is 0.444. The number of nitrogens with one attached hydrogen (secondary N) is 3. The fourth-order valence-corrected chi connectivity index (χ4v) is 4.48. The molecule has 0 spiro atoms. The number of para-hydroxylation sites is 1. The predicted molar refractivity (Wildman–Crippen MR) is 137 cm³/mol. The highest BCUT2D eigenvalue weighted by Crippen LogP contribution is 2.21. The van der Waals surface area contributed by atoms with Crippen LogP contribution in [0.25, 0.3) is 10.9 Å². The molecule has 0 radical (unpaired) electrons. The molecule has 0 atom stereocenters. The number of aliphatic imine (C=N–C) groups is 1. The third-order valence-corrected chi connectivity index (χ3v) is 6.45. The molecule has 33 heavy (non-hydrogen) atoms. The molecule has 2 heterocycles. The van der Waals surface area contributed by atoms with Gasteiger partial charge in [0.15, 0.2) is 5.96 Å². The van der Waals surface area contributed by atoms with Crippen molar-refractivity contribution in [2.45, 2.75) is 52.3 Å². The van der Waals surface area contributed by atoms with Crippen LogP contribution in [0.2, 0.25) is 0 Å². The number of fused-ring (bicyclic) bond motifs is 1. The number of aromatic nitrogens is 1. The smallest absolute Gasteiger partial charge is 0.191 e. The normalized spacial score (nSPS) is 15.8. The van der Waals surface area contributed by atoms with Crippen LogP contribution in [0.1, 0.15) is 42.0 Å². The van der Waals surface area contributed by atoms with Gasteiger partial charge in [-0.05, 0) is 55.4 Å². The number of hydrogen-bond acceptors (Lipinski definition) is 3. The third-order valence-electron chi connectivity index (χ3n) is 6.45. The highest BCUT2D eigenvalue weighted by Gasteiger charge is 2.16. The molecule has 3 aromatic rings. The lowest BCUT2D eigenvalue weighted by atomic mass is 10.1. The van der Waals surface area contributed by atoms with Crippen molar-refractivity contribution >= 4 is 16.9 Å². The number of benzene rings is 2. The van der Waals surface area contributed by atoms with Crippen LogP contribution in [0.4, 0.5) is 0 Å². The van der Waals surface area contributed by atoms with Gasteiger partial charge in [-0.15, -0.1) is 0 Å². The van der Waals surface area contributed by atoms with Gasteiger partial charge in [0.1, 0.15) is 0 Å². The summed E-state index contributed by atoms with van der Waals surface area (Å²) in [5, 5.41) is 17.8. The molecule has 6 nitrogen and oxygen atoms in total. The summed E-state index contributed by atoms with van der Waals surface area (Å²) in [4.78, 5) is 10.6. The van der Waals surface area contributed by atoms with Crippen molar-refractivity contribution in [1.82, 2.24) is 20.5 Å².